The van der Waals surface area contributed by atoms with Gasteiger partial charge in [0.25, 0.3) is 0 Å². The summed E-state index contributed by atoms with van der Waals surface area (Å²) in [6.07, 6.45) is 3.17. The van der Waals surface area contributed by atoms with E-state index in [1.807, 2.05) is 42.5 Å². The fourth-order valence-electron chi connectivity index (χ4n) is 2.56. The van der Waals surface area contributed by atoms with Gasteiger partial charge in [-0.3, -0.25) is 4.57 Å². The van der Waals surface area contributed by atoms with Crippen molar-refractivity contribution >= 4 is 16.8 Å². The number of aryl methyl sites for hydroxylation is 1. The summed E-state index contributed by atoms with van der Waals surface area (Å²) < 4.78 is 8.35. The molecule has 24 heavy (non-hydrogen) atoms. The first-order valence-electron chi connectivity index (χ1n) is 7.48. The Morgan fingerprint density at radius 2 is 2.00 bits per heavy atom. The summed E-state index contributed by atoms with van der Waals surface area (Å²) >= 11 is 0. The highest BCUT2D eigenvalue weighted by Gasteiger charge is 2.06. The highest BCUT2D eigenvalue weighted by Crippen LogP contribution is 2.17. The fourth-order valence-corrected chi connectivity index (χ4v) is 2.56. The van der Waals surface area contributed by atoms with Crippen LogP contribution in [0.4, 0.5) is 5.69 Å². The summed E-state index contributed by atoms with van der Waals surface area (Å²) in [4.78, 5) is 15.5. The summed E-state index contributed by atoms with van der Waals surface area (Å²) in [6.45, 7) is 0.651. The molecule has 7 nitrogen and oxygen atoms in total. The monoisotopic (exact) mass is 321 g/mol. The third-order valence-corrected chi connectivity index (χ3v) is 3.90. The van der Waals surface area contributed by atoms with Crippen molar-refractivity contribution < 1.29 is 4.42 Å². The van der Waals surface area contributed by atoms with Crippen LogP contribution in [-0.4, -0.2) is 19.3 Å². The first-order chi connectivity index (χ1) is 11.7. The van der Waals surface area contributed by atoms with Crippen molar-refractivity contribution in [1.29, 1.82) is 0 Å². The van der Waals surface area contributed by atoms with Crippen LogP contribution in [0.15, 0.2) is 64.3 Å². The number of nitrogens with zero attached hydrogens (tertiary/aromatic N) is 4. The average Bonchev–Trinajstić information content (AvgIpc) is 3.23. The number of oxazole rings is 1. The molecule has 4 aromatic rings. The zero-order valence-electron chi connectivity index (χ0n) is 13.0. The van der Waals surface area contributed by atoms with E-state index in [-0.39, 0.29) is 5.76 Å². The van der Waals surface area contributed by atoms with E-state index in [1.165, 1.54) is 10.9 Å². The van der Waals surface area contributed by atoms with E-state index < -0.39 is 0 Å². The first kappa shape index (κ1) is 14.3. The van der Waals surface area contributed by atoms with E-state index in [4.69, 9.17) is 4.42 Å². The van der Waals surface area contributed by atoms with Crippen LogP contribution in [0, 0.1) is 0 Å². The number of rotatable bonds is 4. The van der Waals surface area contributed by atoms with E-state index >= 15 is 0 Å². The number of fused-ring (bicyclic) bond motifs is 1. The molecular formula is C17H15N5O2. The van der Waals surface area contributed by atoms with E-state index in [1.54, 1.807) is 18.1 Å². The summed E-state index contributed by atoms with van der Waals surface area (Å²) in [5, 5.41) is 7.46. The Labute approximate surface area is 137 Å². The lowest BCUT2D eigenvalue weighted by Gasteiger charge is -2.08. The highest BCUT2D eigenvalue weighted by molar-refractivity contribution is 5.73. The number of benzene rings is 2. The molecule has 0 radical (unpaired) electrons. The summed E-state index contributed by atoms with van der Waals surface area (Å²) in [5.74, 6) is -0.348. The summed E-state index contributed by atoms with van der Waals surface area (Å²) in [5.41, 5.74) is 4.41. The van der Waals surface area contributed by atoms with Crippen molar-refractivity contribution in [2.75, 3.05) is 5.32 Å². The topological polar surface area (TPSA) is 77.9 Å². The van der Waals surface area contributed by atoms with Gasteiger partial charge in [0.1, 0.15) is 12.7 Å². The summed E-state index contributed by atoms with van der Waals surface area (Å²) in [7, 11) is 1.70. The predicted molar refractivity (Wildman–Crippen MR) is 90.1 cm³/mol. The second kappa shape index (κ2) is 5.69. The van der Waals surface area contributed by atoms with Crippen LogP contribution in [0.5, 0.6) is 0 Å². The predicted octanol–water partition coefficient (Wildman–Crippen LogP) is 2.32. The molecule has 0 fully saturated rings. The van der Waals surface area contributed by atoms with Crippen molar-refractivity contribution in [3.63, 3.8) is 0 Å². The lowest BCUT2D eigenvalue weighted by molar-refractivity contribution is 0.528. The molecule has 0 atom stereocenters. The molecule has 2 aromatic carbocycles. The van der Waals surface area contributed by atoms with Crippen molar-refractivity contribution in [2.45, 2.75) is 6.54 Å². The van der Waals surface area contributed by atoms with Gasteiger partial charge in [0.15, 0.2) is 5.58 Å². The normalized spacial score (nSPS) is 11.0. The zero-order chi connectivity index (χ0) is 16.5. The molecule has 2 aromatic heterocycles. The van der Waals surface area contributed by atoms with Gasteiger partial charge in [0, 0.05) is 19.3 Å². The molecular weight excluding hydrogens is 306 g/mol. The minimum absolute atomic E-state index is 0.348. The zero-order valence-corrected chi connectivity index (χ0v) is 13.0. The molecule has 1 N–H and O–H groups in total. The van der Waals surface area contributed by atoms with Crippen LogP contribution in [0.3, 0.4) is 0 Å². The standard InChI is InChI=1S/C17H15N5O2/c1-21-15-8-12(2-7-16(15)24-17(21)23)9-19-13-3-5-14(6-4-13)22-11-18-10-20-22/h2-8,10-11,19H,9H2,1H3. The van der Waals surface area contributed by atoms with Gasteiger partial charge in [-0.2, -0.15) is 5.10 Å². The maximum absolute atomic E-state index is 11.5. The van der Waals surface area contributed by atoms with Gasteiger partial charge in [-0.15, -0.1) is 0 Å². The van der Waals surface area contributed by atoms with Gasteiger partial charge in [0.2, 0.25) is 0 Å². The molecule has 0 aliphatic heterocycles. The number of hydrogen-bond acceptors (Lipinski definition) is 5. The van der Waals surface area contributed by atoms with Crippen molar-refractivity contribution in [2.24, 2.45) is 7.05 Å². The number of aromatic nitrogens is 4. The third kappa shape index (κ3) is 2.56. The Morgan fingerprint density at radius 1 is 1.17 bits per heavy atom. The fraction of sp³-hybridized carbons (Fsp3) is 0.118. The van der Waals surface area contributed by atoms with E-state index in [2.05, 4.69) is 15.4 Å². The van der Waals surface area contributed by atoms with Crippen molar-refractivity contribution in [3.05, 3.63) is 71.2 Å². The minimum Gasteiger partial charge on any atom is -0.408 e. The second-order valence-corrected chi connectivity index (χ2v) is 5.47. The Hall–Kier alpha value is -3.35. The second-order valence-electron chi connectivity index (χ2n) is 5.47. The first-order valence-corrected chi connectivity index (χ1v) is 7.48. The molecule has 0 spiro atoms. The molecule has 0 saturated heterocycles. The molecule has 4 rings (SSSR count). The summed E-state index contributed by atoms with van der Waals surface area (Å²) in [6, 6.07) is 13.6. The molecule has 2 heterocycles. The van der Waals surface area contributed by atoms with Crippen LogP contribution in [-0.2, 0) is 13.6 Å². The van der Waals surface area contributed by atoms with Gasteiger partial charge in [-0.1, -0.05) is 6.07 Å². The number of anilines is 1. The molecule has 0 aliphatic rings. The van der Waals surface area contributed by atoms with E-state index in [0.29, 0.717) is 12.1 Å². The van der Waals surface area contributed by atoms with Gasteiger partial charge in [-0.25, -0.2) is 14.5 Å². The smallest absolute Gasteiger partial charge is 0.408 e. The molecule has 0 unspecified atom stereocenters. The maximum Gasteiger partial charge on any atom is 0.419 e. The SMILES string of the molecule is Cn1c(=O)oc2ccc(CNc3ccc(-n4cncn4)cc3)cc21. The van der Waals surface area contributed by atoms with Crippen molar-refractivity contribution in [1.82, 2.24) is 19.3 Å². The number of hydrogen-bond donors (Lipinski definition) is 1. The Morgan fingerprint density at radius 3 is 2.75 bits per heavy atom. The van der Waals surface area contributed by atoms with Gasteiger partial charge in [-0.05, 0) is 42.0 Å². The van der Waals surface area contributed by atoms with Gasteiger partial charge < -0.3 is 9.73 Å². The molecule has 0 bridgehead atoms. The largest absolute Gasteiger partial charge is 0.419 e. The van der Waals surface area contributed by atoms with E-state index in [0.717, 1.165) is 22.5 Å². The Balaban J connectivity index is 1.50. The average molecular weight is 321 g/mol. The Kier molecular flexibility index (Phi) is 3.38. The maximum atomic E-state index is 11.5. The lowest BCUT2D eigenvalue weighted by Crippen LogP contribution is -2.08. The van der Waals surface area contributed by atoms with Crippen molar-refractivity contribution in [3.8, 4) is 5.69 Å². The third-order valence-electron chi connectivity index (χ3n) is 3.90. The number of nitrogens with one attached hydrogen (secondary N) is 1. The van der Waals surface area contributed by atoms with Crippen LogP contribution in [0.2, 0.25) is 0 Å². The van der Waals surface area contributed by atoms with Crippen LogP contribution >= 0.6 is 0 Å². The van der Waals surface area contributed by atoms with Gasteiger partial charge in [0.05, 0.1) is 11.2 Å². The van der Waals surface area contributed by atoms with Crippen LogP contribution < -0.4 is 11.1 Å². The quantitative estimate of drug-likeness (QED) is 0.624. The van der Waals surface area contributed by atoms with Crippen LogP contribution in [0.1, 0.15) is 5.56 Å². The molecule has 0 aliphatic carbocycles. The molecule has 0 amide bonds. The van der Waals surface area contributed by atoms with Gasteiger partial charge >= 0.3 is 5.76 Å². The lowest BCUT2D eigenvalue weighted by atomic mass is 10.2. The van der Waals surface area contributed by atoms with Crippen LogP contribution in [0.25, 0.3) is 16.8 Å². The van der Waals surface area contributed by atoms with E-state index in [9.17, 15) is 4.79 Å². The molecule has 7 heteroatoms. The molecule has 120 valence electrons. The highest BCUT2D eigenvalue weighted by atomic mass is 16.4. The Bertz CT molecular complexity index is 1030. The molecule has 0 saturated carbocycles. The minimum atomic E-state index is -0.348.